The zero-order valence-corrected chi connectivity index (χ0v) is 13.2. The molecule has 1 atom stereocenters. The number of aromatic nitrogens is 2. The number of hydrogen-bond donors (Lipinski definition) is 0. The van der Waals surface area contributed by atoms with E-state index in [4.69, 9.17) is 0 Å². The lowest BCUT2D eigenvalue weighted by atomic mass is 9.96. The van der Waals surface area contributed by atoms with E-state index in [1.165, 1.54) is 47.6 Å². The van der Waals surface area contributed by atoms with Crippen LogP contribution >= 0.6 is 11.3 Å². The van der Waals surface area contributed by atoms with Crippen LogP contribution in [0.25, 0.3) is 4.96 Å². The van der Waals surface area contributed by atoms with E-state index in [0.29, 0.717) is 16.9 Å². The fourth-order valence-corrected chi connectivity index (χ4v) is 4.68. The molecule has 0 radical (unpaired) electrons. The third-order valence-electron chi connectivity index (χ3n) is 5.08. The molecule has 0 spiro atoms. The molecule has 4 rings (SSSR count). The van der Waals surface area contributed by atoms with Crippen molar-refractivity contribution in [1.29, 1.82) is 0 Å². The summed E-state index contributed by atoms with van der Waals surface area (Å²) in [6.07, 6.45) is 10.2. The van der Waals surface area contributed by atoms with Crippen LogP contribution in [0.15, 0.2) is 22.6 Å². The van der Waals surface area contributed by atoms with Gasteiger partial charge in [0.05, 0.1) is 0 Å². The molecule has 116 valence electrons. The van der Waals surface area contributed by atoms with Crippen molar-refractivity contribution in [3.63, 3.8) is 0 Å². The molecule has 1 aliphatic heterocycles. The molecule has 2 aromatic heterocycles. The van der Waals surface area contributed by atoms with E-state index in [1.807, 2.05) is 10.3 Å². The summed E-state index contributed by atoms with van der Waals surface area (Å²) in [7, 11) is 0. The van der Waals surface area contributed by atoms with E-state index in [0.717, 1.165) is 19.4 Å². The van der Waals surface area contributed by atoms with Gasteiger partial charge in [-0.15, -0.1) is 11.3 Å². The van der Waals surface area contributed by atoms with Gasteiger partial charge in [-0.2, -0.15) is 0 Å². The third-order valence-corrected chi connectivity index (χ3v) is 5.85. The lowest BCUT2D eigenvalue weighted by Crippen LogP contribution is -2.41. The van der Waals surface area contributed by atoms with Crippen LogP contribution in [0, 0.1) is 5.92 Å². The first-order valence-corrected chi connectivity index (χ1v) is 8.89. The third kappa shape index (κ3) is 2.17. The maximum atomic E-state index is 12.9. The average molecular weight is 317 g/mol. The van der Waals surface area contributed by atoms with Crippen LogP contribution in [0.4, 0.5) is 0 Å². The van der Waals surface area contributed by atoms with Crippen molar-refractivity contribution in [2.45, 2.75) is 44.6 Å². The number of amides is 1. The second kappa shape index (κ2) is 5.50. The first-order chi connectivity index (χ1) is 10.8. The minimum Gasteiger partial charge on any atom is -0.335 e. The largest absolute Gasteiger partial charge is 0.335 e. The van der Waals surface area contributed by atoms with Crippen LogP contribution in [-0.2, 0) is 0 Å². The standard InChI is InChI=1S/C16H19N3O2S/c20-14(12-10-17-16-19(15(12)21)8-9-22-16)18-7-3-6-13(18)11-4-1-2-5-11/h8-11,13H,1-7H2/t13-/m1/s1. The van der Waals surface area contributed by atoms with Crippen LogP contribution < -0.4 is 5.56 Å². The monoisotopic (exact) mass is 317 g/mol. The average Bonchev–Trinajstić information content (AvgIpc) is 3.26. The summed E-state index contributed by atoms with van der Waals surface area (Å²) in [5.74, 6) is 0.486. The Balaban J connectivity index is 1.67. The summed E-state index contributed by atoms with van der Waals surface area (Å²) < 4.78 is 1.47. The van der Waals surface area contributed by atoms with Crippen molar-refractivity contribution in [2.24, 2.45) is 5.92 Å². The van der Waals surface area contributed by atoms with Gasteiger partial charge < -0.3 is 4.90 Å². The maximum absolute atomic E-state index is 12.9. The molecule has 2 fully saturated rings. The summed E-state index contributed by atoms with van der Waals surface area (Å²) in [6.45, 7) is 0.770. The van der Waals surface area contributed by atoms with E-state index < -0.39 is 0 Å². The summed E-state index contributed by atoms with van der Waals surface area (Å²) in [5.41, 5.74) is -0.0332. The van der Waals surface area contributed by atoms with Crippen molar-refractivity contribution in [1.82, 2.24) is 14.3 Å². The van der Waals surface area contributed by atoms with Gasteiger partial charge in [0.2, 0.25) is 0 Å². The fraction of sp³-hybridized carbons (Fsp3) is 0.562. The van der Waals surface area contributed by atoms with Gasteiger partial charge in [-0.1, -0.05) is 12.8 Å². The molecule has 2 aromatic rings. The van der Waals surface area contributed by atoms with Gasteiger partial charge in [-0.3, -0.25) is 14.0 Å². The first-order valence-electron chi connectivity index (χ1n) is 8.01. The first kappa shape index (κ1) is 13.9. The molecular weight excluding hydrogens is 298 g/mol. The Morgan fingerprint density at radius 2 is 2.05 bits per heavy atom. The van der Waals surface area contributed by atoms with Crippen LogP contribution in [0.3, 0.4) is 0 Å². The quantitative estimate of drug-likeness (QED) is 0.855. The Hall–Kier alpha value is -1.69. The molecule has 1 amide bonds. The Morgan fingerprint density at radius 1 is 1.23 bits per heavy atom. The second-order valence-corrected chi connectivity index (χ2v) is 7.16. The number of fused-ring (bicyclic) bond motifs is 1. The van der Waals surface area contributed by atoms with Crippen molar-refractivity contribution in [3.8, 4) is 0 Å². The predicted octanol–water partition coefficient (Wildman–Crippen LogP) is 2.55. The smallest absolute Gasteiger partial charge is 0.271 e. The van der Waals surface area contributed by atoms with E-state index in [2.05, 4.69) is 4.98 Å². The fourth-order valence-electron chi connectivity index (χ4n) is 4.00. The Morgan fingerprint density at radius 3 is 2.86 bits per heavy atom. The van der Waals surface area contributed by atoms with Gasteiger partial charge >= 0.3 is 0 Å². The van der Waals surface area contributed by atoms with Crippen molar-refractivity contribution in [3.05, 3.63) is 33.7 Å². The Labute approximate surface area is 132 Å². The van der Waals surface area contributed by atoms with Crippen molar-refractivity contribution >= 4 is 22.2 Å². The lowest BCUT2D eigenvalue weighted by molar-refractivity contribution is 0.0686. The van der Waals surface area contributed by atoms with Crippen molar-refractivity contribution < 1.29 is 4.79 Å². The second-order valence-electron chi connectivity index (χ2n) is 6.29. The van der Waals surface area contributed by atoms with Crippen LogP contribution in [0.5, 0.6) is 0 Å². The highest BCUT2D eigenvalue weighted by Crippen LogP contribution is 2.35. The molecule has 1 saturated carbocycles. The van der Waals surface area contributed by atoms with Gasteiger partial charge in [0.25, 0.3) is 11.5 Å². The van der Waals surface area contributed by atoms with Gasteiger partial charge in [0, 0.05) is 30.4 Å². The lowest BCUT2D eigenvalue weighted by Gasteiger charge is -2.29. The summed E-state index contributed by atoms with van der Waals surface area (Å²) >= 11 is 1.40. The van der Waals surface area contributed by atoms with Gasteiger partial charge in [0.15, 0.2) is 4.96 Å². The number of carbonyl (C=O) groups is 1. The summed E-state index contributed by atoms with van der Waals surface area (Å²) in [4.78, 5) is 32.2. The zero-order chi connectivity index (χ0) is 15.1. The minimum atomic E-state index is -0.242. The minimum absolute atomic E-state index is 0.132. The number of thiazole rings is 1. The zero-order valence-electron chi connectivity index (χ0n) is 12.4. The van der Waals surface area contributed by atoms with Crippen molar-refractivity contribution in [2.75, 3.05) is 6.54 Å². The normalized spacial score (nSPS) is 22.7. The molecule has 5 nitrogen and oxygen atoms in total. The van der Waals surface area contributed by atoms with Crippen LogP contribution in [-0.4, -0.2) is 32.8 Å². The molecule has 22 heavy (non-hydrogen) atoms. The van der Waals surface area contributed by atoms with Crippen LogP contribution in [0.2, 0.25) is 0 Å². The summed E-state index contributed by atoms with van der Waals surface area (Å²) in [6, 6.07) is 0.317. The van der Waals surface area contributed by atoms with Gasteiger partial charge in [0.1, 0.15) is 5.56 Å². The Bertz CT molecular complexity index is 760. The topological polar surface area (TPSA) is 54.7 Å². The van der Waals surface area contributed by atoms with E-state index in [1.54, 1.807) is 6.20 Å². The highest BCUT2D eigenvalue weighted by atomic mass is 32.1. The van der Waals surface area contributed by atoms with Gasteiger partial charge in [-0.05, 0) is 31.6 Å². The molecule has 0 bridgehead atoms. The Kier molecular flexibility index (Phi) is 3.48. The molecule has 0 aromatic carbocycles. The molecule has 3 heterocycles. The molecular formula is C16H19N3O2S. The van der Waals surface area contributed by atoms with Gasteiger partial charge in [-0.25, -0.2) is 4.98 Å². The molecule has 1 saturated heterocycles. The molecule has 0 N–H and O–H groups in total. The SMILES string of the molecule is O=C(c1cnc2sccn2c1=O)N1CCC[C@@H]1C1CCCC1. The number of nitrogens with zero attached hydrogens (tertiary/aromatic N) is 3. The number of rotatable bonds is 2. The number of likely N-dealkylation sites (tertiary alicyclic amines) is 1. The molecule has 2 aliphatic rings. The summed E-state index contributed by atoms with van der Waals surface area (Å²) in [5, 5.41) is 1.81. The molecule has 1 aliphatic carbocycles. The van der Waals surface area contributed by atoms with E-state index in [9.17, 15) is 9.59 Å². The highest BCUT2D eigenvalue weighted by molar-refractivity contribution is 7.15. The number of hydrogen-bond acceptors (Lipinski definition) is 4. The molecule has 6 heteroatoms. The maximum Gasteiger partial charge on any atom is 0.271 e. The molecule has 0 unspecified atom stereocenters. The highest BCUT2D eigenvalue weighted by Gasteiger charge is 2.37. The van der Waals surface area contributed by atoms with E-state index >= 15 is 0 Å². The number of carbonyl (C=O) groups excluding carboxylic acids is 1. The van der Waals surface area contributed by atoms with Crippen LogP contribution in [0.1, 0.15) is 48.9 Å². The van der Waals surface area contributed by atoms with E-state index in [-0.39, 0.29) is 17.0 Å². The predicted molar refractivity (Wildman–Crippen MR) is 85.4 cm³/mol.